The topological polar surface area (TPSA) is 47.3 Å². The number of hydrogen-bond acceptors (Lipinski definition) is 3. The zero-order chi connectivity index (χ0) is 17.1. The maximum Gasteiger partial charge on any atom is 0.139 e. The van der Waals surface area contributed by atoms with Crippen LogP contribution in [-0.2, 0) is 6.54 Å². The fourth-order valence-electron chi connectivity index (χ4n) is 2.03. The number of ether oxygens (including phenoxy) is 1. The molecule has 0 spiro atoms. The van der Waals surface area contributed by atoms with Gasteiger partial charge in [-0.15, -0.1) is 6.42 Å². The number of rotatable bonds is 6. The Labute approximate surface area is 146 Å². The standard InChI is InChI=1S/C17H18Cl2N2O2/c1-4-16(2,3)17(22,10-21-8-7-20-12-21)11-23-15-9-13(18)5-6-14(15)19/h1,5-9,12,22H,10-11H2,2-3H3. The van der Waals surface area contributed by atoms with Crippen molar-refractivity contribution >= 4 is 23.2 Å². The van der Waals surface area contributed by atoms with Gasteiger partial charge in [-0.05, 0) is 26.0 Å². The second-order valence-corrected chi connectivity index (χ2v) is 6.74. The van der Waals surface area contributed by atoms with E-state index in [0.29, 0.717) is 15.8 Å². The minimum Gasteiger partial charge on any atom is -0.489 e. The van der Waals surface area contributed by atoms with E-state index in [4.69, 9.17) is 34.4 Å². The summed E-state index contributed by atoms with van der Waals surface area (Å²) >= 11 is 12.0. The molecule has 0 bridgehead atoms. The van der Waals surface area contributed by atoms with Gasteiger partial charge in [0, 0.05) is 23.5 Å². The van der Waals surface area contributed by atoms with E-state index in [9.17, 15) is 5.11 Å². The van der Waals surface area contributed by atoms with E-state index in [1.807, 2.05) is 0 Å². The van der Waals surface area contributed by atoms with Crippen molar-refractivity contribution in [2.24, 2.45) is 5.41 Å². The first kappa shape index (κ1) is 17.7. The fourth-order valence-corrected chi connectivity index (χ4v) is 2.36. The first-order valence-electron chi connectivity index (χ1n) is 7.01. The van der Waals surface area contributed by atoms with Gasteiger partial charge < -0.3 is 14.4 Å². The van der Waals surface area contributed by atoms with Crippen molar-refractivity contribution in [1.29, 1.82) is 0 Å². The van der Waals surface area contributed by atoms with Crippen molar-refractivity contribution in [3.63, 3.8) is 0 Å². The van der Waals surface area contributed by atoms with Gasteiger partial charge in [0.2, 0.25) is 0 Å². The highest BCUT2D eigenvalue weighted by Crippen LogP contribution is 2.34. The van der Waals surface area contributed by atoms with Gasteiger partial charge in [-0.2, -0.15) is 0 Å². The molecule has 122 valence electrons. The number of nitrogens with zero attached hydrogens (tertiary/aromatic N) is 2. The van der Waals surface area contributed by atoms with Crippen LogP contribution in [-0.4, -0.2) is 26.9 Å². The molecule has 0 aliphatic rings. The van der Waals surface area contributed by atoms with Crippen LogP contribution in [0.25, 0.3) is 0 Å². The van der Waals surface area contributed by atoms with Crippen molar-refractivity contribution in [3.05, 3.63) is 47.0 Å². The highest BCUT2D eigenvalue weighted by molar-refractivity contribution is 6.34. The average molecular weight is 353 g/mol. The van der Waals surface area contributed by atoms with E-state index in [-0.39, 0.29) is 13.2 Å². The van der Waals surface area contributed by atoms with Crippen molar-refractivity contribution in [2.75, 3.05) is 6.61 Å². The number of terminal acetylenes is 1. The van der Waals surface area contributed by atoms with Crippen molar-refractivity contribution in [2.45, 2.75) is 26.0 Å². The predicted molar refractivity (Wildman–Crippen MR) is 91.7 cm³/mol. The average Bonchev–Trinajstić information content (AvgIpc) is 3.00. The van der Waals surface area contributed by atoms with Crippen LogP contribution in [0.2, 0.25) is 10.0 Å². The lowest BCUT2D eigenvalue weighted by Gasteiger charge is -2.39. The predicted octanol–water partition coefficient (Wildman–Crippen LogP) is 3.66. The van der Waals surface area contributed by atoms with Crippen LogP contribution in [0.5, 0.6) is 5.75 Å². The van der Waals surface area contributed by atoms with Gasteiger partial charge in [-0.25, -0.2) is 4.98 Å². The molecule has 0 aliphatic carbocycles. The van der Waals surface area contributed by atoms with Gasteiger partial charge in [-0.1, -0.05) is 29.1 Å². The number of benzene rings is 1. The van der Waals surface area contributed by atoms with Crippen LogP contribution in [0.15, 0.2) is 36.9 Å². The van der Waals surface area contributed by atoms with Gasteiger partial charge in [0.05, 0.1) is 23.3 Å². The number of imidazole rings is 1. The third-order valence-corrected chi connectivity index (χ3v) is 4.43. The Balaban J connectivity index is 2.24. The molecule has 0 aliphatic heterocycles. The molecule has 4 nitrogen and oxygen atoms in total. The quantitative estimate of drug-likeness (QED) is 0.807. The second-order valence-electron chi connectivity index (χ2n) is 5.90. The van der Waals surface area contributed by atoms with E-state index in [2.05, 4.69) is 10.9 Å². The largest absolute Gasteiger partial charge is 0.489 e. The Morgan fingerprint density at radius 2 is 2.13 bits per heavy atom. The summed E-state index contributed by atoms with van der Waals surface area (Å²) in [6, 6.07) is 4.91. The number of hydrogen-bond donors (Lipinski definition) is 1. The van der Waals surface area contributed by atoms with Crippen LogP contribution in [0.4, 0.5) is 0 Å². The lowest BCUT2D eigenvalue weighted by Crippen LogP contribution is -2.51. The molecule has 6 heteroatoms. The van der Waals surface area contributed by atoms with Crippen molar-refractivity contribution < 1.29 is 9.84 Å². The van der Waals surface area contributed by atoms with E-state index < -0.39 is 11.0 Å². The zero-order valence-corrected chi connectivity index (χ0v) is 14.5. The minimum atomic E-state index is -1.33. The summed E-state index contributed by atoms with van der Waals surface area (Å²) in [5, 5.41) is 12.1. The number of aromatic nitrogens is 2. The zero-order valence-electron chi connectivity index (χ0n) is 13.0. The molecule has 0 saturated heterocycles. The van der Waals surface area contributed by atoms with Crippen LogP contribution in [0.3, 0.4) is 0 Å². The highest BCUT2D eigenvalue weighted by atomic mass is 35.5. The molecule has 0 radical (unpaired) electrons. The van der Waals surface area contributed by atoms with Gasteiger partial charge in [0.25, 0.3) is 0 Å². The van der Waals surface area contributed by atoms with Gasteiger partial charge in [0.1, 0.15) is 18.0 Å². The Morgan fingerprint density at radius 3 is 2.74 bits per heavy atom. The molecule has 1 heterocycles. The molecule has 1 aromatic heterocycles. The molecule has 1 aromatic carbocycles. The summed E-state index contributed by atoms with van der Waals surface area (Å²) in [5.41, 5.74) is -2.16. The first-order chi connectivity index (χ1) is 10.8. The normalized spacial score (nSPS) is 14.1. The third-order valence-electron chi connectivity index (χ3n) is 3.89. The monoisotopic (exact) mass is 352 g/mol. The Morgan fingerprint density at radius 1 is 1.39 bits per heavy atom. The SMILES string of the molecule is C#CC(C)(C)C(O)(COc1cc(Cl)ccc1Cl)Cn1ccnc1. The third kappa shape index (κ3) is 4.00. The second kappa shape index (κ2) is 6.84. The van der Waals surface area contributed by atoms with Gasteiger partial charge in [0.15, 0.2) is 0 Å². The van der Waals surface area contributed by atoms with E-state index in [0.717, 1.165) is 0 Å². The molecular weight excluding hydrogens is 335 g/mol. The first-order valence-corrected chi connectivity index (χ1v) is 7.77. The van der Waals surface area contributed by atoms with E-state index >= 15 is 0 Å². The summed E-state index contributed by atoms with van der Waals surface area (Å²) < 4.78 is 7.48. The van der Waals surface area contributed by atoms with Gasteiger partial charge >= 0.3 is 0 Å². The highest BCUT2D eigenvalue weighted by Gasteiger charge is 2.44. The van der Waals surface area contributed by atoms with Crippen molar-refractivity contribution in [3.8, 4) is 18.1 Å². The minimum absolute atomic E-state index is 0.0392. The molecule has 23 heavy (non-hydrogen) atoms. The Kier molecular flexibility index (Phi) is 5.26. The summed E-state index contributed by atoms with van der Waals surface area (Å²) in [5.74, 6) is 3.03. The lowest BCUT2D eigenvalue weighted by atomic mass is 9.75. The summed E-state index contributed by atoms with van der Waals surface area (Å²) in [6.45, 7) is 3.77. The fraction of sp³-hybridized carbons (Fsp3) is 0.353. The molecule has 2 aromatic rings. The Bertz CT molecular complexity index is 708. The molecule has 1 atom stereocenters. The number of halogens is 2. The summed E-state index contributed by atoms with van der Waals surface area (Å²) in [4.78, 5) is 3.98. The Hall–Kier alpha value is -1.67. The van der Waals surface area contributed by atoms with E-state index in [1.54, 1.807) is 55.3 Å². The molecule has 1 N–H and O–H groups in total. The van der Waals surface area contributed by atoms with Crippen LogP contribution < -0.4 is 4.74 Å². The lowest BCUT2D eigenvalue weighted by molar-refractivity contribution is -0.0828. The van der Waals surface area contributed by atoms with Gasteiger partial charge in [-0.3, -0.25) is 0 Å². The summed E-state index contributed by atoms with van der Waals surface area (Å²) in [7, 11) is 0. The molecule has 0 amide bonds. The molecule has 1 unspecified atom stereocenters. The van der Waals surface area contributed by atoms with Crippen LogP contribution >= 0.6 is 23.2 Å². The molecule has 0 saturated carbocycles. The molecule has 2 rings (SSSR count). The van der Waals surface area contributed by atoms with Crippen molar-refractivity contribution in [1.82, 2.24) is 9.55 Å². The smallest absolute Gasteiger partial charge is 0.139 e. The molecule has 0 fully saturated rings. The number of aliphatic hydroxyl groups is 1. The summed E-state index contributed by atoms with van der Waals surface area (Å²) in [6.07, 6.45) is 10.6. The maximum absolute atomic E-state index is 11.1. The maximum atomic E-state index is 11.1. The molecular formula is C17H18Cl2N2O2. The van der Waals surface area contributed by atoms with Crippen LogP contribution in [0.1, 0.15) is 13.8 Å². The van der Waals surface area contributed by atoms with Crippen LogP contribution in [0, 0.1) is 17.8 Å². The van der Waals surface area contributed by atoms with E-state index in [1.165, 1.54) is 0 Å².